The molecule has 1 aromatic rings. The Morgan fingerprint density at radius 3 is 2.89 bits per heavy atom. The lowest BCUT2D eigenvalue weighted by Crippen LogP contribution is -2.41. The van der Waals surface area contributed by atoms with E-state index in [-0.39, 0.29) is 0 Å². The van der Waals surface area contributed by atoms with Crippen LogP contribution in [0, 0.1) is 5.92 Å². The first-order valence-electron chi connectivity index (χ1n) is 6.56. The molecule has 3 nitrogen and oxygen atoms in total. The van der Waals surface area contributed by atoms with E-state index in [1.165, 1.54) is 0 Å². The fourth-order valence-corrected chi connectivity index (χ4v) is 2.72. The minimum atomic E-state index is -0.774. The molecule has 0 fully saturated rings. The zero-order valence-electron chi connectivity index (χ0n) is 11.0. The summed E-state index contributed by atoms with van der Waals surface area (Å²) in [6, 6.07) is 7.54. The summed E-state index contributed by atoms with van der Waals surface area (Å²) >= 11 is 0. The van der Waals surface area contributed by atoms with Gasteiger partial charge in [-0.3, -0.25) is 4.79 Å². The SMILES string of the molecule is CCC(C)CC1(C(=O)O)CCOc2ccccc21. The molecule has 1 aromatic carbocycles. The van der Waals surface area contributed by atoms with E-state index in [9.17, 15) is 9.90 Å². The Labute approximate surface area is 108 Å². The van der Waals surface area contributed by atoms with Gasteiger partial charge in [-0.25, -0.2) is 0 Å². The molecule has 1 N–H and O–H groups in total. The average Bonchev–Trinajstić information content (AvgIpc) is 2.38. The van der Waals surface area contributed by atoms with Crippen LogP contribution >= 0.6 is 0 Å². The number of hydrogen-bond acceptors (Lipinski definition) is 2. The largest absolute Gasteiger partial charge is 0.493 e. The molecule has 2 atom stereocenters. The van der Waals surface area contributed by atoms with Crippen LogP contribution in [0.1, 0.15) is 38.7 Å². The Morgan fingerprint density at radius 2 is 2.22 bits per heavy atom. The number of aliphatic carboxylic acids is 1. The van der Waals surface area contributed by atoms with Crippen molar-refractivity contribution < 1.29 is 14.6 Å². The Balaban J connectivity index is 2.46. The molecule has 0 spiro atoms. The van der Waals surface area contributed by atoms with Crippen molar-refractivity contribution in [1.82, 2.24) is 0 Å². The first-order valence-corrected chi connectivity index (χ1v) is 6.56. The van der Waals surface area contributed by atoms with Crippen LogP contribution in [0.5, 0.6) is 5.75 Å². The van der Waals surface area contributed by atoms with E-state index in [0.717, 1.165) is 17.7 Å². The Morgan fingerprint density at radius 1 is 1.50 bits per heavy atom. The third kappa shape index (κ3) is 2.09. The van der Waals surface area contributed by atoms with Gasteiger partial charge in [-0.1, -0.05) is 38.5 Å². The van der Waals surface area contributed by atoms with Crippen LogP contribution in [0.3, 0.4) is 0 Å². The van der Waals surface area contributed by atoms with Crippen LogP contribution in [0.2, 0.25) is 0 Å². The monoisotopic (exact) mass is 248 g/mol. The summed E-state index contributed by atoms with van der Waals surface area (Å²) in [6.45, 7) is 4.70. The quantitative estimate of drug-likeness (QED) is 0.889. The Bertz CT molecular complexity index is 441. The average molecular weight is 248 g/mol. The van der Waals surface area contributed by atoms with Gasteiger partial charge in [0.2, 0.25) is 0 Å². The van der Waals surface area contributed by atoms with Crippen molar-refractivity contribution in [3.8, 4) is 5.75 Å². The van der Waals surface area contributed by atoms with E-state index < -0.39 is 11.4 Å². The normalized spacial score (nSPS) is 23.9. The number of para-hydroxylation sites is 1. The predicted molar refractivity (Wildman–Crippen MR) is 69.9 cm³/mol. The third-order valence-electron chi connectivity index (χ3n) is 3.99. The highest BCUT2D eigenvalue weighted by Crippen LogP contribution is 2.43. The first-order chi connectivity index (χ1) is 8.60. The summed E-state index contributed by atoms with van der Waals surface area (Å²) in [5, 5.41) is 9.72. The number of ether oxygens (including phenoxy) is 1. The van der Waals surface area contributed by atoms with Crippen molar-refractivity contribution in [2.75, 3.05) is 6.61 Å². The number of hydrogen-bond donors (Lipinski definition) is 1. The lowest BCUT2D eigenvalue weighted by molar-refractivity contribution is -0.146. The van der Waals surface area contributed by atoms with Crippen LogP contribution in [-0.4, -0.2) is 17.7 Å². The van der Waals surface area contributed by atoms with Crippen LogP contribution in [0.15, 0.2) is 24.3 Å². The van der Waals surface area contributed by atoms with E-state index in [4.69, 9.17) is 4.74 Å². The maximum Gasteiger partial charge on any atom is 0.314 e. The molecular weight excluding hydrogens is 228 g/mol. The number of fused-ring (bicyclic) bond motifs is 1. The van der Waals surface area contributed by atoms with E-state index in [2.05, 4.69) is 13.8 Å². The van der Waals surface area contributed by atoms with Crippen LogP contribution in [0.25, 0.3) is 0 Å². The number of carboxylic acid groups (broad SMARTS) is 1. The Kier molecular flexibility index (Phi) is 3.60. The number of carboxylic acids is 1. The fraction of sp³-hybridized carbons (Fsp3) is 0.533. The fourth-order valence-electron chi connectivity index (χ4n) is 2.72. The van der Waals surface area contributed by atoms with Gasteiger partial charge in [-0.15, -0.1) is 0 Å². The predicted octanol–water partition coefficient (Wildman–Crippen LogP) is 3.23. The molecule has 0 aliphatic carbocycles. The standard InChI is InChI=1S/C15H20O3/c1-3-11(2)10-15(14(16)17)8-9-18-13-7-5-4-6-12(13)15/h4-7,11H,3,8-10H2,1-2H3,(H,16,17). The second-order valence-electron chi connectivity index (χ2n) is 5.20. The minimum Gasteiger partial charge on any atom is -0.493 e. The molecular formula is C15H20O3. The van der Waals surface area contributed by atoms with Crippen molar-refractivity contribution in [3.05, 3.63) is 29.8 Å². The van der Waals surface area contributed by atoms with Gasteiger partial charge in [0.25, 0.3) is 0 Å². The second-order valence-corrected chi connectivity index (χ2v) is 5.20. The summed E-state index contributed by atoms with van der Waals surface area (Å²) in [5.41, 5.74) is 0.0635. The van der Waals surface area contributed by atoms with Gasteiger partial charge in [0, 0.05) is 12.0 Å². The second kappa shape index (κ2) is 5.01. The third-order valence-corrected chi connectivity index (χ3v) is 3.99. The highest BCUT2D eigenvalue weighted by atomic mass is 16.5. The van der Waals surface area contributed by atoms with Crippen LogP contribution < -0.4 is 4.74 Å². The first kappa shape index (κ1) is 12.9. The molecule has 0 amide bonds. The van der Waals surface area contributed by atoms with E-state index in [1.807, 2.05) is 24.3 Å². The van der Waals surface area contributed by atoms with Gasteiger partial charge in [0.15, 0.2) is 0 Å². The number of benzene rings is 1. The van der Waals surface area contributed by atoms with E-state index >= 15 is 0 Å². The van der Waals surface area contributed by atoms with Gasteiger partial charge >= 0.3 is 5.97 Å². The van der Waals surface area contributed by atoms with Gasteiger partial charge in [0.1, 0.15) is 5.75 Å². The highest BCUT2D eigenvalue weighted by molar-refractivity contribution is 5.83. The summed E-state index contributed by atoms with van der Waals surface area (Å²) in [5.74, 6) is 0.403. The van der Waals surface area contributed by atoms with Gasteiger partial charge < -0.3 is 9.84 Å². The zero-order chi connectivity index (χ0) is 13.2. The molecule has 2 unspecified atom stereocenters. The number of carbonyl (C=O) groups is 1. The molecule has 1 aliphatic rings. The lowest BCUT2D eigenvalue weighted by Gasteiger charge is -2.36. The molecule has 98 valence electrons. The number of rotatable bonds is 4. The molecule has 1 aliphatic heterocycles. The van der Waals surface area contributed by atoms with Gasteiger partial charge in [-0.2, -0.15) is 0 Å². The maximum absolute atomic E-state index is 11.8. The van der Waals surface area contributed by atoms with E-state index in [0.29, 0.717) is 25.4 Å². The van der Waals surface area contributed by atoms with Crippen LogP contribution in [-0.2, 0) is 10.2 Å². The van der Waals surface area contributed by atoms with E-state index in [1.54, 1.807) is 0 Å². The highest BCUT2D eigenvalue weighted by Gasteiger charge is 2.45. The lowest BCUT2D eigenvalue weighted by atomic mass is 9.70. The molecule has 0 radical (unpaired) electrons. The Hall–Kier alpha value is -1.51. The molecule has 1 heterocycles. The molecule has 2 rings (SSSR count). The zero-order valence-corrected chi connectivity index (χ0v) is 11.0. The molecule has 0 saturated heterocycles. The van der Waals surface area contributed by atoms with Crippen molar-refractivity contribution in [1.29, 1.82) is 0 Å². The summed E-state index contributed by atoms with van der Waals surface area (Å²) in [4.78, 5) is 11.8. The molecule has 3 heteroatoms. The van der Waals surface area contributed by atoms with Crippen molar-refractivity contribution in [2.24, 2.45) is 5.92 Å². The smallest absolute Gasteiger partial charge is 0.314 e. The molecule has 18 heavy (non-hydrogen) atoms. The van der Waals surface area contributed by atoms with Gasteiger partial charge in [-0.05, 0) is 18.4 Å². The molecule has 0 bridgehead atoms. The van der Waals surface area contributed by atoms with Crippen LogP contribution in [0.4, 0.5) is 0 Å². The summed E-state index contributed by atoms with van der Waals surface area (Å²) < 4.78 is 5.58. The van der Waals surface area contributed by atoms with Crippen molar-refractivity contribution in [2.45, 2.75) is 38.5 Å². The summed E-state index contributed by atoms with van der Waals surface area (Å²) in [6.07, 6.45) is 2.24. The minimum absolute atomic E-state index is 0.396. The molecule has 0 saturated carbocycles. The van der Waals surface area contributed by atoms with Crippen molar-refractivity contribution in [3.63, 3.8) is 0 Å². The topological polar surface area (TPSA) is 46.5 Å². The maximum atomic E-state index is 11.8. The summed E-state index contributed by atoms with van der Waals surface area (Å²) in [7, 11) is 0. The molecule has 0 aromatic heterocycles. The van der Waals surface area contributed by atoms with Crippen molar-refractivity contribution >= 4 is 5.97 Å². The van der Waals surface area contributed by atoms with Gasteiger partial charge in [0.05, 0.1) is 12.0 Å².